The van der Waals surface area contributed by atoms with Crippen molar-refractivity contribution in [2.75, 3.05) is 16.8 Å². The highest BCUT2D eigenvalue weighted by atomic mass is 35.5. The number of piperidine rings is 1. The number of benzene rings is 2. The van der Waals surface area contributed by atoms with Gasteiger partial charge in [-0.1, -0.05) is 48.0 Å². The van der Waals surface area contributed by atoms with Gasteiger partial charge in [0.1, 0.15) is 5.15 Å². The van der Waals surface area contributed by atoms with Crippen LogP contribution < -0.4 is 10.2 Å². The monoisotopic (exact) mass is 422 g/mol. The maximum atomic E-state index is 12.9. The molecular formula is C23H23ClN4O2. The molecule has 1 saturated heterocycles. The number of aromatic nitrogens is 2. The summed E-state index contributed by atoms with van der Waals surface area (Å²) in [5.74, 6) is -0.204. The van der Waals surface area contributed by atoms with E-state index in [1.165, 1.54) is 0 Å². The fraction of sp³-hybridized carbons (Fsp3) is 0.261. The van der Waals surface area contributed by atoms with Crippen LogP contribution in [-0.4, -0.2) is 28.1 Å². The third kappa shape index (κ3) is 4.24. The zero-order valence-corrected chi connectivity index (χ0v) is 17.5. The van der Waals surface area contributed by atoms with Crippen LogP contribution >= 0.6 is 11.6 Å². The van der Waals surface area contributed by atoms with Crippen molar-refractivity contribution in [1.82, 2.24) is 9.78 Å². The van der Waals surface area contributed by atoms with Crippen molar-refractivity contribution in [1.29, 1.82) is 0 Å². The molecule has 154 valence electrons. The van der Waals surface area contributed by atoms with Crippen molar-refractivity contribution in [3.63, 3.8) is 0 Å². The first-order chi connectivity index (χ1) is 14.5. The molecule has 0 radical (unpaired) electrons. The van der Waals surface area contributed by atoms with Crippen molar-refractivity contribution in [3.8, 4) is 0 Å². The van der Waals surface area contributed by atoms with Gasteiger partial charge in [-0.3, -0.25) is 9.59 Å². The first kappa shape index (κ1) is 20.2. The highest BCUT2D eigenvalue weighted by Gasteiger charge is 2.22. The standard InChI is InChI=1S/C23H23ClN4O2/c1-16-21(22(24)28(26-16)15-17-8-3-2-4-9-17)23(30)25-18-10-7-11-19(14-18)27-13-6-5-12-20(27)29/h2-4,7-11,14H,5-6,12-13,15H2,1H3,(H,25,30). The summed E-state index contributed by atoms with van der Waals surface area (Å²) in [6.07, 6.45) is 2.47. The first-order valence-corrected chi connectivity index (χ1v) is 10.4. The van der Waals surface area contributed by atoms with Crippen molar-refractivity contribution in [3.05, 3.63) is 76.6 Å². The van der Waals surface area contributed by atoms with Crippen molar-refractivity contribution in [2.24, 2.45) is 0 Å². The summed E-state index contributed by atoms with van der Waals surface area (Å²) in [5, 5.41) is 7.64. The first-order valence-electron chi connectivity index (χ1n) is 10.0. The molecule has 2 heterocycles. The molecule has 30 heavy (non-hydrogen) atoms. The number of rotatable bonds is 5. The van der Waals surface area contributed by atoms with Gasteiger partial charge in [-0.15, -0.1) is 0 Å². The summed E-state index contributed by atoms with van der Waals surface area (Å²) in [6.45, 7) is 2.96. The van der Waals surface area contributed by atoms with E-state index in [0.29, 0.717) is 41.6 Å². The number of amides is 2. The molecule has 1 fully saturated rings. The topological polar surface area (TPSA) is 67.2 Å². The van der Waals surface area contributed by atoms with Crippen LogP contribution in [0.4, 0.5) is 11.4 Å². The number of hydrogen-bond donors (Lipinski definition) is 1. The van der Waals surface area contributed by atoms with E-state index in [-0.39, 0.29) is 11.8 Å². The van der Waals surface area contributed by atoms with Crippen LogP contribution in [0.3, 0.4) is 0 Å². The Morgan fingerprint density at radius 2 is 1.93 bits per heavy atom. The Hall–Kier alpha value is -3.12. The van der Waals surface area contributed by atoms with E-state index < -0.39 is 0 Å². The van der Waals surface area contributed by atoms with Crippen LogP contribution in [0.25, 0.3) is 0 Å². The Balaban J connectivity index is 1.53. The third-order valence-corrected chi connectivity index (χ3v) is 5.59. The lowest BCUT2D eigenvalue weighted by atomic mass is 10.1. The second kappa shape index (κ2) is 8.71. The SMILES string of the molecule is Cc1nn(Cc2ccccc2)c(Cl)c1C(=O)Nc1cccc(N2CCCCC2=O)c1. The molecule has 2 amide bonds. The van der Waals surface area contributed by atoms with Crippen LogP contribution in [0.1, 0.15) is 40.9 Å². The molecule has 0 unspecified atom stereocenters. The summed E-state index contributed by atoms with van der Waals surface area (Å²) in [6, 6.07) is 17.2. The minimum atomic E-state index is -0.320. The normalized spacial score (nSPS) is 14.1. The van der Waals surface area contributed by atoms with Crippen molar-refractivity contribution >= 4 is 34.8 Å². The van der Waals surface area contributed by atoms with Gasteiger partial charge in [0.2, 0.25) is 5.91 Å². The minimum absolute atomic E-state index is 0.116. The summed E-state index contributed by atoms with van der Waals surface area (Å²) < 4.78 is 1.63. The maximum absolute atomic E-state index is 12.9. The zero-order chi connectivity index (χ0) is 21.1. The van der Waals surface area contributed by atoms with Gasteiger partial charge < -0.3 is 10.2 Å². The summed E-state index contributed by atoms with van der Waals surface area (Å²) >= 11 is 6.50. The molecule has 3 aromatic rings. The number of nitrogens with one attached hydrogen (secondary N) is 1. The number of carbonyl (C=O) groups excluding carboxylic acids is 2. The Morgan fingerprint density at radius 1 is 1.13 bits per heavy atom. The van der Waals surface area contributed by atoms with Crippen LogP contribution in [0.15, 0.2) is 54.6 Å². The Labute approximate surface area is 180 Å². The highest BCUT2D eigenvalue weighted by Crippen LogP contribution is 2.26. The van der Waals surface area contributed by atoms with Crippen LogP contribution in [0.2, 0.25) is 5.15 Å². The molecular weight excluding hydrogens is 400 g/mol. The van der Waals surface area contributed by atoms with Gasteiger partial charge in [0.05, 0.1) is 17.8 Å². The lowest BCUT2D eigenvalue weighted by molar-refractivity contribution is -0.119. The summed E-state index contributed by atoms with van der Waals surface area (Å²) in [5.41, 5.74) is 3.37. The second-order valence-corrected chi connectivity index (χ2v) is 7.76. The number of halogens is 1. The molecule has 1 aliphatic rings. The Bertz CT molecular complexity index is 1080. The van der Waals surface area contributed by atoms with Gasteiger partial charge in [-0.25, -0.2) is 4.68 Å². The van der Waals surface area contributed by atoms with Gasteiger partial charge in [-0.2, -0.15) is 5.10 Å². The summed E-state index contributed by atoms with van der Waals surface area (Å²) in [4.78, 5) is 26.9. The average Bonchev–Trinajstić information content (AvgIpc) is 3.02. The number of aryl methyl sites for hydroxylation is 1. The van der Waals surface area contributed by atoms with E-state index >= 15 is 0 Å². The quantitative estimate of drug-likeness (QED) is 0.650. The molecule has 2 aromatic carbocycles. The van der Waals surface area contributed by atoms with Crippen LogP contribution in [0, 0.1) is 6.92 Å². The fourth-order valence-corrected chi connectivity index (χ4v) is 4.02. The maximum Gasteiger partial charge on any atom is 0.260 e. The smallest absolute Gasteiger partial charge is 0.260 e. The fourth-order valence-electron chi connectivity index (χ4n) is 3.70. The van der Waals surface area contributed by atoms with Gasteiger partial charge >= 0.3 is 0 Å². The zero-order valence-electron chi connectivity index (χ0n) is 16.8. The molecule has 0 aliphatic carbocycles. The Kier molecular flexibility index (Phi) is 5.86. The van der Waals surface area contributed by atoms with E-state index in [1.807, 2.05) is 48.5 Å². The molecule has 0 saturated carbocycles. The lowest BCUT2D eigenvalue weighted by Crippen LogP contribution is -2.35. The predicted octanol–water partition coefficient (Wildman–Crippen LogP) is 4.66. The number of carbonyl (C=O) groups is 2. The molecule has 1 aliphatic heterocycles. The second-order valence-electron chi connectivity index (χ2n) is 7.40. The van der Waals surface area contributed by atoms with E-state index in [0.717, 1.165) is 24.1 Å². The van der Waals surface area contributed by atoms with E-state index in [1.54, 1.807) is 22.6 Å². The molecule has 0 bridgehead atoms. The van der Waals surface area contributed by atoms with E-state index in [9.17, 15) is 9.59 Å². The van der Waals surface area contributed by atoms with Gasteiger partial charge in [0.25, 0.3) is 5.91 Å². The molecule has 0 spiro atoms. The third-order valence-electron chi connectivity index (χ3n) is 5.21. The largest absolute Gasteiger partial charge is 0.322 e. The van der Waals surface area contributed by atoms with Gasteiger partial charge in [-0.05, 0) is 43.5 Å². The minimum Gasteiger partial charge on any atom is -0.322 e. The van der Waals surface area contributed by atoms with E-state index in [2.05, 4.69) is 10.4 Å². The van der Waals surface area contributed by atoms with Gasteiger partial charge in [0, 0.05) is 24.3 Å². The molecule has 4 rings (SSSR count). The molecule has 0 atom stereocenters. The molecule has 6 nitrogen and oxygen atoms in total. The summed E-state index contributed by atoms with van der Waals surface area (Å²) in [7, 11) is 0. The number of hydrogen-bond acceptors (Lipinski definition) is 3. The molecule has 1 aromatic heterocycles. The average molecular weight is 423 g/mol. The van der Waals surface area contributed by atoms with Crippen molar-refractivity contribution < 1.29 is 9.59 Å². The van der Waals surface area contributed by atoms with Crippen molar-refractivity contribution in [2.45, 2.75) is 32.7 Å². The number of anilines is 2. The van der Waals surface area contributed by atoms with Gasteiger partial charge in [0.15, 0.2) is 0 Å². The van der Waals surface area contributed by atoms with E-state index in [4.69, 9.17) is 11.6 Å². The lowest BCUT2D eigenvalue weighted by Gasteiger charge is -2.27. The predicted molar refractivity (Wildman–Crippen MR) is 118 cm³/mol. The highest BCUT2D eigenvalue weighted by molar-refractivity contribution is 6.33. The van der Waals surface area contributed by atoms with Crippen LogP contribution in [-0.2, 0) is 11.3 Å². The molecule has 7 heteroatoms. The number of nitrogens with zero attached hydrogens (tertiary/aromatic N) is 3. The Morgan fingerprint density at radius 3 is 2.70 bits per heavy atom. The van der Waals surface area contributed by atoms with Crippen LogP contribution in [0.5, 0.6) is 0 Å². The molecule has 1 N–H and O–H groups in total.